The number of nitrogens with one attached hydrogen (secondary N) is 1. The highest BCUT2D eigenvalue weighted by atomic mass is 19.1. The SMILES string of the molecule is COc1cc(C(C)NC(=O)C2(c3ccc(F)cc3)CC2)ccc1OC1CCCC1. The predicted molar refractivity (Wildman–Crippen MR) is 110 cm³/mol. The Labute approximate surface area is 171 Å². The molecule has 1 unspecified atom stereocenters. The average Bonchev–Trinajstić information content (AvgIpc) is 3.38. The number of hydrogen-bond donors (Lipinski definition) is 1. The quantitative estimate of drug-likeness (QED) is 0.710. The van der Waals surface area contributed by atoms with Gasteiger partial charge in [0.15, 0.2) is 11.5 Å². The second-order valence-electron chi connectivity index (χ2n) is 8.22. The number of rotatable bonds is 7. The molecule has 1 atom stereocenters. The van der Waals surface area contributed by atoms with Gasteiger partial charge < -0.3 is 14.8 Å². The van der Waals surface area contributed by atoms with Gasteiger partial charge in [0.2, 0.25) is 5.91 Å². The van der Waals surface area contributed by atoms with Crippen LogP contribution in [0.3, 0.4) is 0 Å². The van der Waals surface area contributed by atoms with Crippen LogP contribution >= 0.6 is 0 Å². The zero-order valence-electron chi connectivity index (χ0n) is 17.0. The maximum Gasteiger partial charge on any atom is 0.231 e. The van der Waals surface area contributed by atoms with Crippen molar-refractivity contribution in [1.82, 2.24) is 5.32 Å². The van der Waals surface area contributed by atoms with E-state index in [9.17, 15) is 9.18 Å². The van der Waals surface area contributed by atoms with Crippen LogP contribution in [0.15, 0.2) is 42.5 Å². The molecular weight excluding hydrogens is 369 g/mol. The van der Waals surface area contributed by atoms with E-state index in [2.05, 4.69) is 5.32 Å². The molecule has 1 N–H and O–H groups in total. The first-order valence-electron chi connectivity index (χ1n) is 10.4. The van der Waals surface area contributed by atoms with Gasteiger partial charge in [0.05, 0.1) is 24.7 Å². The molecule has 4 rings (SSSR count). The number of benzene rings is 2. The Kier molecular flexibility index (Phi) is 5.48. The molecular formula is C24H28FNO3. The van der Waals surface area contributed by atoms with Crippen LogP contribution in [0.25, 0.3) is 0 Å². The molecule has 2 saturated carbocycles. The fourth-order valence-electron chi connectivity index (χ4n) is 4.20. The lowest BCUT2D eigenvalue weighted by Crippen LogP contribution is -2.36. The van der Waals surface area contributed by atoms with Crippen LogP contribution in [-0.4, -0.2) is 19.1 Å². The number of ether oxygens (including phenoxy) is 2. The minimum absolute atomic E-state index is 0.0122. The van der Waals surface area contributed by atoms with Gasteiger partial charge in [-0.05, 0) is 80.8 Å². The van der Waals surface area contributed by atoms with Crippen molar-refractivity contribution >= 4 is 5.91 Å². The van der Waals surface area contributed by atoms with E-state index < -0.39 is 5.41 Å². The molecule has 0 heterocycles. The molecule has 2 fully saturated rings. The highest BCUT2D eigenvalue weighted by Gasteiger charge is 2.51. The maximum atomic E-state index is 13.2. The van der Waals surface area contributed by atoms with Gasteiger partial charge in [-0.1, -0.05) is 18.2 Å². The van der Waals surface area contributed by atoms with Crippen LogP contribution in [0.2, 0.25) is 0 Å². The molecule has 0 bridgehead atoms. The number of methoxy groups -OCH3 is 1. The van der Waals surface area contributed by atoms with Gasteiger partial charge in [-0.25, -0.2) is 4.39 Å². The fraction of sp³-hybridized carbons (Fsp3) is 0.458. The van der Waals surface area contributed by atoms with E-state index in [4.69, 9.17) is 9.47 Å². The molecule has 0 spiro atoms. The lowest BCUT2D eigenvalue weighted by atomic mass is 9.94. The van der Waals surface area contributed by atoms with Crippen molar-refractivity contribution in [2.75, 3.05) is 7.11 Å². The van der Waals surface area contributed by atoms with E-state index in [0.717, 1.165) is 42.6 Å². The molecule has 0 saturated heterocycles. The Bertz CT molecular complexity index is 870. The molecule has 4 nitrogen and oxygen atoms in total. The largest absolute Gasteiger partial charge is 0.493 e. The van der Waals surface area contributed by atoms with Crippen molar-refractivity contribution in [3.05, 3.63) is 59.4 Å². The number of carbonyl (C=O) groups is 1. The molecule has 154 valence electrons. The van der Waals surface area contributed by atoms with Crippen LogP contribution in [0.4, 0.5) is 4.39 Å². The standard InChI is InChI=1S/C24H28FNO3/c1-16(26-23(27)24(13-14-24)18-8-10-19(25)11-9-18)17-7-12-21(22(15-17)28-2)29-20-5-3-4-6-20/h7-12,15-16,20H,3-6,13-14H2,1-2H3,(H,26,27). The van der Waals surface area contributed by atoms with E-state index in [1.807, 2.05) is 25.1 Å². The molecule has 1 amide bonds. The summed E-state index contributed by atoms with van der Waals surface area (Å²) in [6.07, 6.45) is 6.43. The Balaban J connectivity index is 1.45. The number of carbonyl (C=O) groups excluding carboxylic acids is 1. The Morgan fingerprint density at radius 3 is 2.41 bits per heavy atom. The summed E-state index contributed by atoms with van der Waals surface area (Å²) < 4.78 is 24.9. The smallest absolute Gasteiger partial charge is 0.231 e. The summed E-state index contributed by atoms with van der Waals surface area (Å²) in [7, 11) is 1.64. The molecule has 2 aliphatic rings. The normalized spacial score (nSPS) is 18.9. The van der Waals surface area contributed by atoms with Crippen molar-refractivity contribution in [2.45, 2.75) is 63.0 Å². The molecule has 2 aromatic rings. The van der Waals surface area contributed by atoms with Gasteiger partial charge in [-0.15, -0.1) is 0 Å². The van der Waals surface area contributed by atoms with Crippen molar-refractivity contribution in [1.29, 1.82) is 0 Å². The van der Waals surface area contributed by atoms with Crippen LogP contribution in [0.5, 0.6) is 11.5 Å². The second kappa shape index (κ2) is 8.05. The third kappa shape index (κ3) is 4.09. The second-order valence-corrected chi connectivity index (χ2v) is 8.22. The summed E-state index contributed by atoms with van der Waals surface area (Å²) in [6.45, 7) is 1.96. The topological polar surface area (TPSA) is 47.6 Å². The molecule has 2 aliphatic carbocycles. The lowest BCUT2D eigenvalue weighted by Gasteiger charge is -2.22. The summed E-state index contributed by atoms with van der Waals surface area (Å²) in [5, 5.41) is 3.13. The van der Waals surface area contributed by atoms with Crippen LogP contribution in [0.1, 0.15) is 62.6 Å². The minimum Gasteiger partial charge on any atom is -0.493 e. The summed E-state index contributed by atoms with van der Waals surface area (Å²) in [5.41, 5.74) is 1.31. The Morgan fingerprint density at radius 1 is 1.10 bits per heavy atom. The third-order valence-electron chi connectivity index (χ3n) is 6.21. The number of halogens is 1. The molecule has 29 heavy (non-hydrogen) atoms. The summed E-state index contributed by atoms with van der Waals surface area (Å²) in [6, 6.07) is 11.9. The van der Waals surface area contributed by atoms with Gasteiger partial charge >= 0.3 is 0 Å². The van der Waals surface area contributed by atoms with Crippen LogP contribution in [-0.2, 0) is 10.2 Å². The lowest BCUT2D eigenvalue weighted by molar-refractivity contribution is -0.124. The third-order valence-corrected chi connectivity index (χ3v) is 6.21. The first-order valence-corrected chi connectivity index (χ1v) is 10.4. The zero-order chi connectivity index (χ0) is 20.4. The monoisotopic (exact) mass is 397 g/mol. The summed E-state index contributed by atoms with van der Waals surface area (Å²) in [4.78, 5) is 13.0. The highest BCUT2D eigenvalue weighted by Crippen LogP contribution is 2.48. The van der Waals surface area contributed by atoms with Crippen molar-refractivity contribution in [3.63, 3.8) is 0 Å². The molecule has 0 aromatic heterocycles. The van der Waals surface area contributed by atoms with Gasteiger partial charge in [0.25, 0.3) is 0 Å². The molecule has 0 radical (unpaired) electrons. The van der Waals surface area contributed by atoms with E-state index in [-0.39, 0.29) is 23.9 Å². The van der Waals surface area contributed by atoms with E-state index in [0.29, 0.717) is 5.75 Å². The first kappa shape index (κ1) is 19.7. The number of hydrogen-bond acceptors (Lipinski definition) is 3. The van der Waals surface area contributed by atoms with Crippen molar-refractivity contribution < 1.29 is 18.7 Å². The van der Waals surface area contributed by atoms with Crippen LogP contribution in [0, 0.1) is 5.82 Å². The van der Waals surface area contributed by atoms with Crippen molar-refractivity contribution in [2.24, 2.45) is 0 Å². The van der Waals surface area contributed by atoms with E-state index in [1.165, 1.54) is 25.0 Å². The van der Waals surface area contributed by atoms with Gasteiger partial charge in [-0.2, -0.15) is 0 Å². The Hall–Kier alpha value is -2.56. The molecule has 2 aromatic carbocycles. The predicted octanol–water partition coefficient (Wildman–Crippen LogP) is 5.06. The minimum atomic E-state index is -0.530. The van der Waals surface area contributed by atoms with Gasteiger partial charge in [-0.3, -0.25) is 4.79 Å². The maximum absolute atomic E-state index is 13.2. The van der Waals surface area contributed by atoms with Crippen LogP contribution < -0.4 is 14.8 Å². The number of amides is 1. The highest BCUT2D eigenvalue weighted by molar-refractivity contribution is 5.91. The van der Waals surface area contributed by atoms with Gasteiger partial charge in [0, 0.05) is 0 Å². The molecule has 0 aliphatic heterocycles. The molecule has 5 heteroatoms. The fourth-order valence-corrected chi connectivity index (χ4v) is 4.20. The van der Waals surface area contributed by atoms with E-state index in [1.54, 1.807) is 19.2 Å². The van der Waals surface area contributed by atoms with Crippen molar-refractivity contribution in [3.8, 4) is 11.5 Å². The Morgan fingerprint density at radius 2 is 1.79 bits per heavy atom. The zero-order valence-corrected chi connectivity index (χ0v) is 17.0. The van der Waals surface area contributed by atoms with E-state index >= 15 is 0 Å². The van der Waals surface area contributed by atoms with Gasteiger partial charge in [0.1, 0.15) is 5.82 Å². The summed E-state index contributed by atoms with van der Waals surface area (Å²) in [5.74, 6) is 1.15. The first-order chi connectivity index (χ1) is 14.0. The average molecular weight is 397 g/mol. The summed E-state index contributed by atoms with van der Waals surface area (Å²) >= 11 is 0.